The molecule has 0 aliphatic carbocycles. The van der Waals surface area contributed by atoms with Crippen molar-refractivity contribution >= 4 is 35.1 Å². The molecule has 1 N–H and O–H groups in total. The van der Waals surface area contributed by atoms with Gasteiger partial charge in [-0.15, -0.1) is 0 Å². The maximum Gasteiger partial charge on any atom is 0.333 e. The lowest BCUT2D eigenvalue weighted by atomic mass is 10.0. The molecule has 0 radical (unpaired) electrons. The number of benzene rings is 2. The van der Waals surface area contributed by atoms with Crippen LogP contribution in [0.25, 0.3) is 0 Å². The molecule has 1 fully saturated rings. The first-order chi connectivity index (χ1) is 13.5. The molecule has 6 nitrogen and oxygen atoms in total. The zero-order valence-electron chi connectivity index (χ0n) is 15.4. The highest BCUT2D eigenvalue weighted by Gasteiger charge is 2.37. The van der Waals surface area contributed by atoms with Crippen molar-refractivity contribution in [3.8, 4) is 0 Å². The molecular formula is C21H21ClN2O4. The van der Waals surface area contributed by atoms with Gasteiger partial charge in [0, 0.05) is 23.7 Å². The summed E-state index contributed by atoms with van der Waals surface area (Å²) in [4.78, 5) is 39.1. The van der Waals surface area contributed by atoms with Crippen molar-refractivity contribution in [1.82, 2.24) is 5.32 Å². The van der Waals surface area contributed by atoms with Gasteiger partial charge >= 0.3 is 5.97 Å². The average molecular weight is 401 g/mol. The van der Waals surface area contributed by atoms with Crippen LogP contribution in [-0.4, -0.2) is 30.9 Å². The lowest BCUT2D eigenvalue weighted by Crippen LogP contribution is -2.39. The van der Waals surface area contributed by atoms with Crippen LogP contribution in [0.15, 0.2) is 54.6 Å². The predicted octanol–water partition coefficient (Wildman–Crippen LogP) is 3.11. The maximum atomic E-state index is 12.8. The minimum atomic E-state index is -0.909. The molecule has 7 heteroatoms. The number of amides is 2. The number of anilines is 1. The van der Waals surface area contributed by atoms with Crippen LogP contribution in [0, 0.1) is 5.92 Å². The summed E-state index contributed by atoms with van der Waals surface area (Å²) < 4.78 is 5.10. The van der Waals surface area contributed by atoms with E-state index < -0.39 is 17.9 Å². The highest BCUT2D eigenvalue weighted by molar-refractivity contribution is 6.30. The third-order valence-electron chi connectivity index (χ3n) is 4.58. The topological polar surface area (TPSA) is 75.7 Å². The van der Waals surface area contributed by atoms with Crippen molar-refractivity contribution in [2.45, 2.75) is 19.4 Å². The zero-order chi connectivity index (χ0) is 20.1. The number of ether oxygens (including phenoxy) is 1. The predicted molar refractivity (Wildman–Crippen MR) is 106 cm³/mol. The number of hydrogen-bond acceptors (Lipinski definition) is 4. The summed E-state index contributed by atoms with van der Waals surface area (Å²) in [6.07, 6.45) is 0.0821. The van der Waals surface area contributed by atoms with Crippen LogP contribution in [0.5, 0.6) is 0 Å². The Morgan fingerprint density at radius 2 is 1.86 bits per heavy atom. The summed E-state index contributed by atoms with van der Waals surface area (Å²) in [5, 5.41) is 3.32. The molecule has 2 aromatic carbocycles. The Morgan fingerprint density at radius 1 is 1.18 bits per heavy atom. The van der Waals surface area contributed by atoms with Crippen LogP contribution in [0.3, 0.4) is 0 Å². The molecule has 3 rings (SSSR count). The quantitative estimate of drug-likeness (QED) is 0.756. The molecule has 0 spiro atoms. The van der Waals surface area contributed by atoms with Crippen LogP contribution in [0.2, 0.25) is 5.02 Å². The van der Waals surface area contributed by atoms with Crippen molar-refractivity contribution in [1.29, 1.82) is 0 Å². The normalized spacial score (nSPS) is 17.3. The molecule has 0 saturated carbocycles. The van der Waals surface area contributed by atoms with E-state index in [-0.39, 0.29) is 31.4 Å². The van der Waals surface area contributed by atoms with Crippen LogP contribution >= 0.6 is 11.6 Å². The van der Waals surface area contributed by atoms with Crippen LogP contribution in [-0.2, 0) is 19.1 Å². The molecular weight excluding hydrogens is 380 g/mol. The van der Waals surface area contributed by atoms with Gasteiger partial charge in [0.2, 0.25) is 11.8 Å². The molecule has 28 heavy (non-hydrogen) atoms. The van der Waals surface area contributed by atoms with Gasteiger partial charge in [0.05, 0.1) is 12.5 Å². The number of carbonyl (C=O) groups excluding carboxylic acids is 3. The molecule has 2 unspecified atom stereocenters. The highest BCUT2D eigenvalue weighted by atomic mass is 35.5. The zero-order valence-corrected chi connectivity index (χ0v) is 16.2. The van der Waals surface area contributed by atoms with Crippen molar-refractivity contribution < 1.29 is 19.1 Å². The first-order valence-electron chi connectivity index (χ1n) is 9.07. The second kappa shape index (κ2) is 8.89. The highest BCUT2D eigenvalue weighted by Crippen LogP contribution is 2.27. The Kier molecular flexibility index (Phi) is 6.31. The fourth-order valence-electron chi connectivity index (χ4n) is 3.16. The van der Waals surface area contributed by atoms with Gasteiger partial charge in [-0.25, -0.2) is 4.79 Å². The summed E-state index contributed by atoms with van der Waals surface area (Å²) in [6.45, 7) is 2.17. The van der Waals surface area contributed by atoms with E-state index in [1.807, 2.05) is 6.07 Å². The van der Waals surface area contributed by atoms with Gasteiger partial charge in [-0.1, -0.05) is 41.9 Å². The summed E-state index contributed by atoms with van der Waals surface area (Å²) in [7, 11) is 0. The first-order valence-corrected chi connectivity index (χ1v) is 9.45. The fourth-order valence-corrected chi connectivity index (χ4v) is 3.29. The van der Waals surface area contributed by atoms with E-state index in [2.05, 4.69) is 5.32 Å². The third kappa shape index (κ3) is 4.51. The summed E-state index contributed by atoms with van der Waals surface area (Å²) >= 11 is 5.89. The van der Waals surface area contributed by atoms with Gasteiger partial charge in [-0.3, -0.25) is 9.59 Å². The molecule has 2 atom stereocenters. The smallest absolute Gasteiger partial charge is 0.333 e. The number of nitrogens with one attached hydrogen (secondary N) is 1. The Morgan fingerprint density at radius 3 is 2.50 bits per heavy atom. The Bertz CT molecular complexity index is 854. The van der Waals surface area contributed by atoms with E-state index in [4.69, 9.17) is 16.3 Å². The Hall–Kier alpha value is -2.86. The van der Waals surface area contributed by atoms with Crippen LogP contribution < -0.4 is 10.2 Å². The monoisotopic (exact) mass is 400 g/mol. The second-order valence-corrected chi connectivity index (χ2v) is 6.92. The standard InChI is InChI=1S/C21H21ClN2O4/c1-2-28-21(27)19(14-6-4-3-5-7-14)23-20(26)15-12-18(25)24(13-15)17-10-8-16(22)9-11-17/h3-11,15,19H,2,12-13H2,1H3,(H,23,26). The van der Waals surface area contributed by atoms with Crippen LogP contribution in [0.1, 0.15) is 24.9 Å². The van der Waals surface area contributed by atoms with E-state index in [0.29, 0.717) is 16.3 Å². The summed E-state index contributed by atoms with van der Waals surface area (Å²) in [5.74, 6) is -1.58. The second-order valence-electron chi connectivity index (χ2n) is 6.49. The van der Waals surface area contributed by atoms with E-state index in [1.165, 1.54) is 0 Å². The Balaban J connectivity index is 1.72. The minimum absolute atomic E-state index is 0.0821. The fraction of sp³-hybridized carbons (Fsp3) is 0.286. The SMILES string of the molecule is CCOC(=O)C(NC(=O)C1CC(=O)N(c2ccc(Cl)cc2)C1)c1ccccc1. The first kappa shape index (κ1) is 19.9. The van der Waals surface area contributed by atoms with Gasteiger partial charge in [-0.05, 0) is 36.8 Å². The number of rotatable bonds is 6. The van der Waals surface area contributed by atoms with Crippen molar-refractivity contribution in [2.24, 2.45) is 5.92 Å². The maximum absolute atomic E-state index is 12.8. The minimum Gasteiger partial charge on any atom is -0.464 e. The molecule has 2 aromatic rings. The number of nitrogens with zero attached hydrogens (tertiary/aromatic N) is 1. The number of carbonyl (C=O) groups is 3. The molecule has 2 amide bonds. The van der Waals surface area contributed by atoms with Crippen molar-refractivity contribution in [3.05, 3.63) is 65.2 Å². The summed E-state index contributed by atoms with van der Waals surface area (Å²) in [6, 6.07) is 14.9. The lowest BCUT2D eigenvalue weighted by Gasteiger charge is -2.20. The third-order valence-corrected chi connectivity index (χ3v) is 4.83. The molecule has 1 aliphatic rings. The number of hydrogen-bond donors (Lipinski definition) is 1. The molecule has 1 saturated heterocycles. The molecule has 0 aromatic heterocycles. The van der Waals surface area contributed by atoms with E-state index in [1.54, 1.807) is 60.4 Å². The Labute approximate surface area is 168 Å². The van der Waals surface area contributed by atoms with Crippen LogP contribution in [0.4, 0.5) is 5.69 Å². The number of esters is 1. The molecule has 0 bridgehead atoms. The molecule has 1 heterocycles. The van der Waals surface area contributed by atoms with Gasteiger partial charge in [0.1, 0.15) is 0 Å². The van der Waals surface area contributed by atoms with Gasteiger partial charge in [-0.2, -0.15) is 0 Å². The molecule has 1 aliphatic heterocycles. The van der Waals surface area contributed by atoms with Gasteiger partial charge in [0.25, 0.3) is 0 Å². The summed E-state index contributed by atoms with van der Waals surface area (Å²) in [5.41, 5.74) is 1.32. The van der Waals surface area contributed by atoms with Crippen molar-refractivity contribution in [2.75, 3.05) is 18.1 Å². The molecule has 146 valence electrons. The van der Waals surface area contributed by atoms with Gasteiger partial charge in [0.15, 0.2) is 6.04 Å². The van der Waals surface area contributed by atoms with E-state index in [9.17, 15) is 14.4 Å². The van der Waals surface area contributed by atoms with E-state index in [0.717, 1.165) is 0 Å². The lowest BCUT2D eigenvalue weighted by molar-refractivity contribution is -0.148. The number of halogens is 1. The average Bonchev–Trinajstić information content (AvgIpc) is 3.09. The van der Waals surface area contributed by atoms with Crippen molar-refractivity contribution in [3.63, 3.8) is 0 Å². The largest absolute Gasteiger partial charge is 0.464 e. The van der Waals surface area contributed by atoms with Gasteiger partial charge < -0.3 is 15.0 Å². The van der Waals surface area contributed by atoms with E-state index >= 15 is 0 Å².